The largest absolute Gasteiger partial charge is 0.469 e. The van der Waals surface area contributed by atoms with E-state index in [1.165, 1.54) is 13.3 Å². The van der Waals surface area contributed by atoms with Crippen LogP contribution in [0.25, 0.3) is 11.3 Å². The summed E-state index contributed by atoms with van der Waals surface area (Å²) in [5.74, 6) is -0.0954. The van der Waals surface area contributed by atoms with E-state index in [0.29, 0.717) is 36.5 Å². The maximum Gasteiger partial charge on any atom is 0.305 e. The maximum absolute atomic E-state index is 12.6. The molecule has 28 heavy (non-hydrogen) atoms. The highest BCUT2D eigenvalue weighted by Gasteiger charge is 2.26. The lowest BCUT2D eigenvalue weighted by Gasteiger charge is -2.31. The monoisotopic (exact) mass is 381 g/mol. The van der Waals surface area contributed by atoms with Crippen LogP contribution in [-0.2, 0) is 9.53 Å². The normalized spacial score (nSPS) is 14.5. The number of carbonyl (C=O) groups is 2. The molecule has 2 heterocycles. The number of aromatic nitrogens is 2. The van der Waals surface area contributed by atoms with Gasteiger partial charge in [0.1, 0.15) is 11.5 Å². The molecule has 1 amide bonds. The standard InChI is InChI=1S/C20H23N5O3/c1-28-18(26)10-13-6-8-25(9-7-13)20(27)17-12-23-16(11-24-17)14-2-4-15(5-3-14)19(21)22/h2-5,11-13H,6-10H2,1H3,(H3,21,22). The molecule has 0 saturated carbocycles. The van der Waals surface area contributed by atoms with Crippen LogP contribution in [0, 0.1) is 11.3 Å². The zero-order valence-electron chi connectivity index (χ0n) is 15.7. The molecule has 0 unspecified atom stereocenters. The van der Waals surface area contributed by atoms with Crippen molar-refractivity contribution in [1.29, 1.82) is 5.41 Å². The van der Waals surface area contributed by atoms with Gasteiger partial charge in [-0.2, -0.15) is 0 Å². The molecule has 3 N–H and O–H groups in total. The molecule has 3 rings (SSSR count). The number of nitrogens with two attached hydrogens (primary N) is 1. The number of hydrogen-bond acceptors (Lipinski definition) is 6. The van der Waals surface area contributed by atoms with Crippen LogP contribution in [0.1, 0.15) is 35.3 Å². The average Bonchev–Trinajstić information content (AvgIpc) is 2.74. The van der Waals surface area contributed by atoms with E-state index in [2.05, 4.69) is 9.97 Å². The molecule has 1 aromatic heterocycles. The van der Waals surface area contributed by atoms with E-state index < -0.39 is 0 Å². The summed E-state index contributed by atoms with van der Waals surface area (Å²) in [7, 11) is 1.39. The smallest absolute Gasteiger partial charge is 0.305 e. The second kappa shape index (κ2) is 8.60. The highest BCUT2D eigenvalue weighted by molar-refractivity contribution is 5.95. The maximum atomic E-state index is 12.6. The summed E-state index contributed by atoms with van der Waals surface area (Å²) >= 11 is 0. The number of amides is 1. The Labute approximate surface area is 163 Å². The van der Waals surface area contributed by atoms with Crippen molar-refractivity contribution >= 4 is 17.7 Å². The van der Waals surface area contributed by atoms with Crippen molar-refractivity contribution in [2.45, 2.75) is 19.3 Å². The predicted octanol–water partition coefficient (Wildman–Crippen LogP) is 1.84. The third-order valence-electron chi connectivity index (χ3n) is 4.95. The fourth-order valence-corrected chi connectivity index (χ4v) is 3.23. The molecule has 0 atom stereocenters. The lowest BCUT2D eigenvalue weighted by atomic mass is 9.93. The minimum atomic E-state index is -0.206. The molecular weight excluding hydrogens is 358 g/mol. The van der Waals surface area contributed by atoms with Gasteiger partial charge in [0.05, 0.1) is 25.2 Å². The second-order valence-corrected chi connectivity index (χ2v) is 6.79. The van der Waals surface area contributed by atoms with Gasteiger partial charge in [-0.15, -0.1) is 0 Å². The number of rotatable bonds is 5. The van der Waals surface area contributed by atoms with E-state index in [1.807, 2.05) is 12.1 Å². The summed E-state index contributed by atoms with van der Waals surface area (Å²) in [5.41, 5.74) is 7.87. The van der Waals surface area contributed by atoms with Crippen LogP contribution >= 0.6 is 0 Å². The fraction of sp³-hybridized carbons (Fsp3) is 0.350. The Morgan fingerprint density at radius 1 is 1.18 bits per heavy atom. The van der Waals surface area contributed by atoms with Crippen molar-refractivity contribution in [3.8, 4) is 11.3 Å². The predicted molar refractivity (Wildman–Crippen MR) is 104 cm³/mol. The molecule has 2 aromatic rings. The first-order valence-electron chi connectivity index (χ1n) is 9.11. The number of hydrogen-bond donors (Lipinski definition) is 2. The fourth-order valence-electron chi connectivity index (χ4n) is 3.23. The Kier molecular flexibility index (Phi) is 5.98. The number of benzene rings is 1. The number of nitrogens with one attached hydrogen (secondary N) is 1. The van der Waals surface area contributed by atoms with E-state index in [9.17, 15) is 9.59 Å². The third kappa shape index (κ3) is 4.51. The van der Waals surface area contributed by atoms with E-state index in [4.69, 9.17) is 15.9 Å². The number of amidine groups is 1. The van der Waals surface area contributed by atoms with Crippen molar-refractivity contribution in [3.05, 3.63) is 47.9 Å². The van der Waals surface area contributed by atoms with Crippen molar-refractivity contribution < 1.29 is 14.3 Å². The number of likely N-dealkylation sites (tertiary alicyclic amines) is 1. The number of methoxy groups -OCH3 is 1. The summed E-state index contributed by atoms with van der Waals surface area (Å²) in [6.07, 6.45) is 5.00. The van der Waals surface area contributed by atoms with Gasteiger partial charge in [0.25, 0.3) is 5.91 Å². The van der Waals surface area contributed by atoms with Gasteiger partial charge >= 0.3 is 5.97 Å². The minimum Gasteiger partial charge on any atom is -0.469 e. The molecule has 0 radical (unpaired) electrons. The minimum absolute atomic E-state index is 0.00827. The van der Waals surface area contributed by atoms with Crippen molar-refractivity contribution in [3.63, 3.8) is 0 Å². The first-order chi connectivity index (χ1) is 13.5. The summed E-state index contributed by atoms with van der Waals surface area (Å²) in [6, 6.07) is 7.12. The van der Waals surface area contributed by atoms with E-state index in [-0.39, 0.29) is 23.6 Å². The highest BCUT2D eigenvalue weighted by Crippen LogP contribution is 2.22. The van der Waals surface area contributed by atoms with Gasteiger partial charge in [-0.05, 0) is 18.8 Å². The molecule has 8 heteroatoms. The van der Waals surface area contributed by atoms with Gasteiger partial charge in [-0.3, -0.25) is 20.0 Å². The lowest BCUT2D eigenvalue weighted by Crippen LogP contribution is -2.39. The lowest BCUT2D eigenvalue weighted by molar-refractivity contribution is -0.142. The number of ether oxygens (including phenoxy) is 1. The summed E-state index contributed by atoms with van der Waals surface area (Å²) in [6.45, 7) is 1.19. The van der Waals surface area contributed by atoms with Crippen LogP contribution in [-0.4, -0.2) is 52.8 Å². The average molecular weight is 381 g/mol. The molecular formula is C20H23N5O3. The van der Waals surface area contributed by atoms with Gasteiger partial charge in [0.15, 0.2) is 0 Å². The van der Waals surface area contributed by atoms with Crippen LogP contribution in [0.3, 0.4) is 0 Å². The molecule has 0 bridgehead atoms. The molecule has 0 aliphatic carbocycles. The number of piperidine rings is 1. The van der Waals surface area contributed by atoms with E-state index in [1.54, 1.807) is 23.2 Å². The zero-order chi connectivity index (χ0) is 20.1. The first-order valence-corrected chi connectivity index (χ1v) is 9.11. The van der Waals surface area contributed by atoms with Gasteiger partial charge in [-0.1, -0.05) is 24.3 Å². The Bertz CT molecular complexity index is 856. The number of carbonyl (C=O) groups excluding carboxylic acids is 2. The van der Waals surface area contributed by atoms with Crippen LogP contribution < -0.4 is 5.73 Å². The van der Waals surface area contributed by atoms with E-state index in [0.717, 1.165) is 18.4 Å². The summed E-state index contributed by atoms with van der Waals surface area (Å²) in [5, 5.41) is 7.42. The molecule has 1 aliphatic rings. The third-order valence-corrected chi connectivity index (χ3v) is 4.95. The van der Waals surface area contributed by atoms with Gasteiger partial charge in [0, 0.05) is 30.6 Å². The molecule has 0 spiro atoms. The SMILES string of the molecule is COC(=O)CC1CCN(C(=O)c2cnc(-c3ccc(C(=N)N)cc3)cn2)CC1. The van der Waals surface area contributed by atoms with Crippen LogP contribution in [0.2, 0.25) is 0 Å². The molecule has 1 saturated heterocycles. The Balaban J connectivity index is 1.61. The molecule has 8 nitrogen and oxygen atoms in total. The molecule has 1 aliphatic heterocycles. The number of nitrogens with zero attached hydrogens (tertiary/aromatic N) is 3. The Morgan fingerprint density at radius 2 is 1.86 bits per heavy atom. The highest BCUT2D eigenvalue weighted by atomic mass is 16.5. The topological polar surface area (TPSA) is 122 Å². The van der Waals surface area contributed by atoms with Gasteiger partial charge in [-0.25, -0.2) is 4.98 Å². The first kappa shape index (κ1) is 19.5. The van der Waals surface area contributed by atoms with Crippen molar-refractivity contribution in [1.82, 2.24) is 14.9 Å². The van der Waals surface area contributed by atoms with Crippen LogP contribution in [0.4, 0.5) is 0 Å². The second-order valence-electron chi connectivity index (χ2n) is 6.79. The number of esters is 1. The van der Waals surface area contributed by atoms with E-state index >= 15 is 0 Å². The van der Waals surface area contributed by atoms with Gasteiger partial charge < -0.3 is 15.4 Å². The Morgan fingerprint density at radius 3 is 2.39 bits per heavy atom. The summed E-state index contributed by atoms with van der Waals surface area (Å²) in [4.78, 5) is 34.4. The van der Waals surface area contributed by atoms with Gasteiger partial charge in [0.2, 0.25) is 0 Å². The quantitative estimate of drug-likeness (QED) is 0.463. The van der Waals surface area contributed by atoms with Crippen molar-refractivity contribution in [2.24, 2.45) is 11.7 Å². The number of nitrogen functional groups attached to an aromatic ring is 1. The van der Waals surface area contributed by atoms with Crippen molar-refractivity contribution in [2.75, 3.05) is 20.2 Å². The zero-order valence-corrected chi connectivity index (χ0v) is 15.7. The summed E-state index contributed by atoms with van der Waals surface area (Å²) < 4.78 is 4.71. The van der Waals surface area contributed by atoms with Crippen LogP contribution in [0.15, 0.2) is 36.7 Å². The molecule has 1 aromatic carbocycles. The Hall–Kier alpha value is -3.29. The molecule has 146 valence electrons. The molecule has 1 fully saturated rings. The van der Waals surface area contributed by atoms with Crippen LogP contribution in [0.5, 0.6) is 0 Å².